The number of anilines is 2. The summed E-state index contributed by atoms with van der Waals surface area (Å²) in [7, 11) is -3.71. The van der Waals surface area contributed by atoms with Crippen LogP contribution in [0.1, 0.15) is 56.8 Å². The molecule has 0 radical (unpaired) electrons. The summed E-state index contributed by atoms with van der Waals surface area (Å²) in [4.78, 5) is 20.0. The number of pyridine rings is 1. The number of hydrogen-bond acceptors (Lipinski definition) is 5. The van der Waals surface area contributed by atoms with Crippen molar-refractivity contribution in [3.8, 4) is 0 Å². The smallest absolute Gasteiger partial charge is 0.259 e. The molecule has 0 unspecified atom stereocenters. The largest absolute Gasteiger partial charge is 0.356 e. The highest BCUT2D eigenvalue weighted by Gasteiger charge is 2.44. The van der Waals surface area contributed by atoms with E-state index in [2.05, 4.69) is 35.9 Å². The molecule has 1 saturated carbocycles. The van der Waals surface area contributed by atoms with Gasteiger partial charge in [-0.2, -0.15) is 0 Å². The quantitative estimate of drug-likeness (QED) is 0.564. The zero-order chi connectivity index (χ0) is 23.1. The van der Waals surface area contributed by atoms with Gasteiger partial charge < -0.3 is 10.2 Å². The number of aromatic nitrogens is 1. The molecule has 1 aromatic carbocycles. The fourth-order valence-electron chi connectivity index (χ4n) is 4.11. The maximum absolute atomic E-state index is 13.2. The third-order valence-corrected chi connectivity index (χ3v) is 8.21. The molecule has 2 aromatic rings. The Balaban J connectivity index is 1.55. The van der Waals surface area contributed by atoms with Crippen molar-refractivity contribution in [1.29, 1.82) is 0 Å². The number of carbonyl (C=O) groups excluding carboxylic acids is 1. The van der Waals surface area contributed by atoms with E-state index < -0.39 is 15.6 Å². The fourth-order valence-corrected chi connectivity index (χ4v) is 5.88. The highest BCUT2D eigenvalue weighted by Crippen LogP contribution is 2.54. The summed E-state index contributed by atoms with van der Waals surface area (Å²) in [5.41, 5.74) is 0.805. The van der Waals surface area contributed by atoms with Crippen LogP contribution in [0.2, 0.25) is 0 Å². The molecule has 1 amide bonds. The number of carbonyl (C=O) groups is 1. The van der Waals surface area contributed by atoms with E-state index in [0.29, 0.717) is 27.1 Å². The number of piperidine rings is 1. The number of sulfonamides is 1. The van der Waals surface area contributed by atoms with E-state index >= 15 is 0 Å². The van der Waals surface area contributed by atoms with E-state index in [1.807, 2.05) is 0 Å². The second kappa shape index (κ2) is 8.43. The van der Waals surface area contributed by atoms with Crippen LogP contribution in [-0.2, 0) is 10.0 Å². The zero-order valence-electron chi connectivity index (χ0n) is 18.6. The van der Waals surface area contributed by atoms with Gasteiger partial charge in [0.1, 0.15) is 10.4 Å². The molecular weight excluding hydrogens is 492 g/mol. The Bertz CT molecular complexity index is 1130. The Kier molecular flexibility index (Phi) is 6.11. The van der Waals surface area contributed by atoms with Crippen LogP contribution in [0.5, 0.6) is 0 Å². The Hall–Kier alpha value is -1.97. The first kappa shape index (κ1) is 23.2. The third-order valence-electron chi connectivity index (χ3n) is 6.01. The van der Waals surface area contributed by atoms with Crippen molar-refractivity contribution in [2.45, 2.75) is 56.9 Å². The minimum absolute atomic E-state index is 0.102. The highest BCUT2D eigenvalue weighted by atomic mass is 79.9. The summed E-state index contributed by atoms with van der Waals surface area (Å²) >= 11 is 3.43. The van der Waals surface area contributed by atoms with Crippen LogP contribution in [0.4, 0.5) is 11.5 Å². The average Bonchev–Trinajstić information content (AvgIpc) is 3.45. The monoisotopic (exact) mass is 520 g/mol. The molecule has 32 heavy (non-hydrogen) atoms. The lowest BCUT2D eigenvalue weighted by molar-refractivity contribution is 0.102. The first-order valence-corrected chi connectivity index (χ1v) is 13.1. The topological polar surface area (TPSA) is 91.4 Å². The number of amides is 1. The van der Waals surface area contributed by atoms with Crippen LogP contribution in [0.25, 0.3) is 0 Å². The second-order valence-corrected chi connectivity index (χ2v) is 12.3. The van der Waals surface area contributed by atoms with Gasteiger partial charge in [0.2, 0.25) is 10.0 Å². The second-order valence-electron chi connectivity index (χ2n) is 9.83. The molecule has 9 heteroatoms. The van der Waals surface area contributed by atoms with Gasteiger partial charge in [-0.25, -0.2) is 18.1 Å². The van der Waals surface area contributed by atoms with E-state index in [1.165, 1.54) is 25.0 Å². The van der Waals surface area contributed by atoms with Crippen molar-refractivity contribution in [2.24, 2.45) is 5.41 Å². The number of nitrogens with zero attached hydrogens (tertiary/aromatic N) is 2. The standard InChI is InChI=1S/C23H29BrN4O3S/c1-22(2,3)27-32(30,31)17-6-4-5-16(15-17)25-21(29)18-7-8-19(24)26-20(18)28-13-11-23(9-10-23)12-14-28/h4-8,15,27H,9-14H2,1-3H3,(H,25,29). The van der Waals surface area contributed by atoms with Crippen molar-refractivity contribution in [3.63, 3.8) is 0 Å². The predicted octanol–water partition coefficient (Wildman–Crippen LogP) is 4.55. The molecule has 2 aliphatic rings. The van der Waals surface area contributed by atoms with Gasteiger partial charge in [0, 0.05) is 24.3 Å². The predicted molar refractivity (Wildman–Crippen MR) is 130 cm³/mol. The normalized spacial score (nSPS) is 17.9. The molecule has 172 valence electrons. The number of rotatable bonds is 5. The lowest BCUT2D eigenvalue weighted by Gasteiger charge is -2.34. The van der Waals surface area contributed by atoms with E-state index in [1.54, 1.807) is 45.0 Å². The third kappa shape index (κ3) is 5.32. The van der Waals surface area contributed by atoms with E-state index in [4.69, 9.17) is 0 Å². The minimum atomic E-state index is -3.71. The van der Waals surface area contributed by atoms with Gasteiger partial charge >= 0.3 is 0 Å². The van der Waals surface area contributed by atoms with Crippen LogP contribution < -0.4 is 14.9 Å². The number of halogens is 1. The first-order valence-electron chi connectivity index (χ1n) is 10.8. The Labute approximate surface area is 198 Å². The maximum Gasteiger partial charge on any atom is 0.259 e. The number of hydrogen-bond donors (Lipinski definition) is 2. The van der Waals surface area contributed by atoms with E-state index in [-0.39, 0.29) is 10.8 Å². The molecule has 0 bridgehead atoms. The lowest BCUT2D eigenvalue weighted by atomic mass is 9.93. The molecule has 2 fully saturated rings. The van der Waals surface area contributed by atoms with Crippen LogP contribution >= 0.6 is 15.9 Å². The van der Waals surface area contributed by atoms with Crippen LogP contribution in [0, 0.1) is 5.41 Å². The Morgan fingerprint density at radius 1 is 1.09 bits per heavy atom. The molecule has 4 rings (SSSR count). The van der Waals surface area contributed by atoms with Crippen molar-refractivity contribution < 1.29 is 13.2 Å². The fraction of sp³-hybridized carbons (Fsp3) is 0.478. The van der Waals surface area contributed by atoms with Gasteiger partial charge in [0.25, 0.3) is 5.91 Å². The van der Waals surface area contributed by atoms with E-state index in [0.717, 1.165) is 25.9 Å². The summed E-state index contributed by atoms with van der Waals surface area (Å²) in [6, 6.07) is 9.78. The van der Waals surface area contributed by atoms with Crippen LogP contribution in [0.3, 0.4) is 0 Å². The van der Waals surface area contributed by atoms with Crippen molar-refractivity contribution in [2.75, 3.05) is 23.3 Å². The minimum Gasteiger partial charge on any atom is -0.356 e. The van der Waals surface area contributed by atoms with Crippen molar-refractivity contribution >= 4 is 43.4 Å². The van der Waals surface area contributed by atoms with Gasteiger partial charge in [0.15, 0.2) is 0 Å². The van der Waals surface area contributed by atoms with Gasteiger partial charge in [0.05, 0.1) is 10.5 Å². The molecule has 0 atom stereocenters. The van der Waals surface area contributed by atoms with Crippen LogP contribution in [-0.4, -0.2) is 37.9 Å². The zero-order valence-corrected chi connectivity index (χ0v) is 21.0. The van der Waals surface area contributed by atoms with E-state index in [9.17, 15) is 13.2 Å². The van der Waals surface area contributed by atoms with Gasteiger partial charge in [-0.15, -0.1) is 0 Å². The van der Waals surface area contributed by atoms with Crippen molar-refractivity contribution in [1.82, 2.24) is 9.71 Å². The molecule has 2 heterocycles. The molecule has 1 aromatic heterocycles. The molecule has 1 spiro atoms. The summed E-state index contributed by atoms with van der Waals surface area (Å²) < 4.78 is 28.6. The van der Waals surface area contributed by atoms with Crippen LogP contribution in [0.15, 0.2) is 45.9 Å². The first-order chi connectivity index (χ1) is 15.0. The molecule has 7 nitrogen and oxygen atoms in total. The van der Waals surface area contributed by atoms with Crippen molar-refractivity contribution in [3.05, 3.63) is 46.6 Å². The number of nitrogens with one attached hydrogen (secondary N) is 2. The molecule has 2 N–H and O–H groups in total. The van der Waals surface area contributed by atoms with Gasteiger partial charge in [-0.3, -0.25) is 4.79 Å². The SMILES string of the molecule is CC(C)(C)NS(=O)(=O)c1cccc(NC(=O)c2ccc(Br)nc2N2CCC3(CC2)CC3)c1. The lowest BCUT2D eigenvalue weighted by Crippen LogP contribution is -2.40. The molecular formula is C23H29BrN4O3S. The molecule has 1 aliphatic carbocycles. The maximum atomic E-state index is 13.2. The summed E-state index contributed by atoms with van der Waals surface area (Å²) in [5.74, 6) is 0.343. The summed E-state index contributed by atoms with van der Waals surface area (Å²) in [6.45, 7) is 7.11. The van der Waals surface area contributed by atoms with Gasteiger partial charge in [-0.1, -0.05) is 6.07 Å². The molecule has 1 aliphatic heterocycles. The Morgan fingerprint density at radius 3 is 2.41 bits per heavy atom. The molecule has 1 saturated heterocycles. The summed E-state index contributed by atoms with van der Waals surface area (Å²) in [6.07, 6.45) is 4.87. The number of benzene rings is 1. The summed E-state index contributed by atoms with van der Waals surface area (Å²) in [5, 5.41) is 2.85. The Morgan fingerprint density at radius 2 is 1.78 bits per heavy atom. The average molecular weight is 521 g/mol. The van der Waals surface area contributed by atoms with Gasteiger partial charge in [-0.05, 0) is 98.1 Å². The highest BCUT2D eigenvalue weighted by molar-refractivity contribution is 9.10.